The van der Waals surface area contributed by atoms with E-state index >= 15 is 0 Å². The molecule has 0 saturated carbocycles. The molecule has 2 aromatic rings. The van der Waals surface area contributed by atoms with Crippen LogP contribution in [0, 0.1) is 0 Å². The van der Waals surface area contributed by atoms with E-state index in [9.17, 15) is 4.79 Å². The van der Waals surface area contributed by atoms with Gasteiger partial charge in [0.2, 0.25) is 5.90 Å². The van der Waals surface area contributed by atoms with Crippen LogP contribution in [0.3, 0.4) is 0 Å². The van der Waals surface area contributed by atoms with Crippen molar-refractivity contribution in [3.63, 3.8) is 0 Å². The van der Waals surface area contributed by atoms with Crippen LogP contribution in [-0.2, 0) is 9.53 Å². The Morgan fingerprint density at radius 2 is 1.89 bits per heavy atom. The van der Waals surface area contributed by atoms with E-state index in [0.717, 1.165) is 10.0 Å². The first kappa shape index (κ1) is 19.0. The molecule has 0 spiro atoms. The van der Waals surface area contributed by atoms with Crippen LogP contribution in [0.15, 0.2) is 51.6 Å². The Balaban J connectivity index is 1.93. The van der Waals surface area contributed by atoms with Crippen molar-refractivity contribution in [3.05, 3.63) is 57.7 Å². The van der Waals surface area contributed by atoms with Crippen LogP contribution >= 0.6 is 15.9 Å². The fourth-order valence-electron chi connectivity index (χ4n) is 2.53. The fraction of sp³-hybridized carbons (Fsp3) is 0.200. The lowest BCUT2D eigenvalue weighted by Crippen LogP contribution is -2.05. The Labute approximate surface area is 165 Å². The Kier molecular flexibility index (Phi) is 5.81. The summed E-state index contributed by atoms with van der Waals surface area (Å²) in [5.41, 5.74) is 1.63. The van der Waals surface area contributed by atoms with E-state index in [4.69, 9.17) is 18.9 Å². The van der Waals surface area contributed by atoms with Crippen LogP contribution in [0.1, 0.15) is 18.1 Å². The van der Waals surface area contributed by atoms with Crippen molar-refractivity contribution in [3.8, 4) is 17.2 Å². The average molecular weight is 432 g/mol. The highest BCUT2D eigenvalue weighted by Gasteiger charge is 2.24. The highest BCUT2D eigenvalue weighted by atomic mass is 79.9. The molecule has 0 amide bonds. The topological polar surface area (TPSA) is 66.3 Å². The molecule has 0 saturated heterocycles. The van der Waals surface area contributed by atoms with Gasteiger partial charge in [-0.15, -0.1) is 0 Å². The second-order valence-electron chi connectivity index (χ2n) is 5.53. The van der Waals surface area contributed by atoms with E-state index in [1.54, 1.807) is 50.6 Å². The van der Waals surface area contributed by atoms with Gasteiger partial charge in [-0.3, -0.25) is 0 Å². The number of nitrogens with zero attached hydrogens (tertiary/aromatic N) is 1. The van der Waals surface area contributed by atoms with Gasteiger partial charge < -0.3 is 18.9 Å². The number of hydrogen-bond acceptors (Lipinski definition) is 6. The summed E-state index contributed by atoms with van der Waals surface area (Å²) in [5, 5.41) is 0. The van der Waals surface area contributed by atoms with E-state index in [-0.39, 0.29) is 11.6 Å². The van der Waals surface area contributed by atoms with Crippen molar-refractivity contribution < 1.29 is 23.7 Å². The summed E-state index contributed by atoms with van der Waals surface area (Å²) in [5.74, 6) is 1.63. The standard InChI is InChI=1S/C20H18BrNO5/c1-4-26-18-15(21)9-12(11-17(18)25-3)10-16-20(23)27-19(22-16)13-5-7-14(24-2)8-6-13/h5-11H,4H2,1-3H3/b16-10-. The highest BCUT2D eigenvalue weighted by molar-refractivity contribution is 9.10. The van der Waals surface area contributed by atoms with Crippen molar-refractivity contribution in [1.82, 2.24) is 0 Å². The van der Waals surface area contributed by atoms with E-state index in [1.165, 1.54) is 0 Å². The Hall–Kier alpha value is -2.80. The molecule has 140 valence electrons. The molecule has 0 aliphatic carbocycles. The number of carbonyl (C=O) groups is 1. The van der Waals surface area contributed by atoms with E-state index in [1.807, 2.05) is 13.0 Å². The minimum Gasteiger partial charge on any atom is -0.497 e. The zero-order chi connectivity index (χ0) is 19.4. The molecule has 1 aliphatic heterocycles. The molecule has 0 aromatic heterocycles. The minimum absolute atomic E-state index is 0.207. The molecule has 0 fully saturated rings. The van der Waals surface area contributed by atoms with Crippen LogP contribution in [0.5, 0.6) is 17.2 Å². The van der Waals surface area contributed by atoms with Gasteiger partial charge in [0, 0.05) is 5.56 Å². The van der Waals surface area contributed by atoms with Gasteiger partial charge in [-0.25, -0.2) is 9.79 Å². The van der Waals surface area contributed by atoms with Gasteiger partial charge >= 0.3 is 5.97 Å². The molecular weight excluding hydrogens is 414 g/mol. The number of methoxy groups -OCH3 is 2. The molecule has 0 N–H and O–H groups in total. The first-order valence-corrected chi connectivity index (χ1v) is 9.02. The molecule has 1 aliphatic rings. The quantitative estimate of drug-likeness (QED) is 0.506. The van der Waals surface area contributed by atoms with Crippen molar-refractivity contribution in [2.24, 2.45) is 4.99 Å². The molecule has 27 heavy (non-hydrogen) atoms. The molecule has 0 radical (unpaired) electrons. The van der Waals surface area contributed by atoms with Crippen LogP contribution in [-0.4, -0.2) is 32.7 Å². The van der Waals surface area contributed by atoms with Gasteiger partial charge in [-0.2, -0.15) is 0 Å². The average Bonchev–Trinajstić information content (AvgIpc) is 3.04. The Morgan fingerprint density at radius 3 is 2.52 bits per heavy atom. The molecule has 2 aromatic carbocycles. The van der Waals surface area contributed by atoms with Crippen molar-refractivity contribution >= 4 is 33.9 Å². The first-order valence-electron chi connectivity index (χ1n) is 8.23. The third-order valence-corrected chi connectivity index (χ3v) is 4.39. The van der Waals surface area contributed by atoms with Crippen molar-refractivity contribution in [1.29, 1.82) is 0 Å². The summed E-state index contributed by atoms with van der Waals surface area (Å²) in [6.45, 7) is 2.41. The summed E-state index contributed by atoms with van der Waals surface area (Å²) < 4.78 is 22.1. The predicted molar refractivity (Wildman–Crippen MR) is 105 cm³/mol. The number of hydrogen-bond donors (Lipinski definition) is 0. The van der Waals surface area contributed by atoms with Crippen LogP contribution in [0.4, 0.5) is 0 Å². The minimum atomic E-state index is -0.509. The number of esters is 1. The Bertz CT molecular complexity index is 919. The van der Waals surface area contributed by atoms with Crippen LogP contribution in [0.25, 0.3) is 6.08 Å². The summed E-state index contributed by atoms with van der Waals surface area (Å²) >= 11 is 3.47. The number of rotatable bonds is 6. The van der Waals surface area contributed by atoms with Gasteiger partial charge in [0.15, 0.2) is 17.2 Å². The van der Waals surface area contributed by atoms with E-state index < -0.39 is 5.97 Å². The van der Waals surface area contributed by atoms with Gasteiger partial charge in [0.25, 0.3) is 0 Å². The largest absolute Gasteiger partial charge is 0.497 e. The third kappa shape index (κ3) is 4.14. The number of benzene rings is 2. The molecule has 7 heteroatoms. The maximum Gasteiger partial charge on any atom is 0.363 e. The fourth-order valence-corrected chi connectivity index (χ4v) is 3.11. The normalized spacial score (nSPS) is 14.7. The number of carbonyl (C=O) groups excluding carboxylic acids is 1. The summed E-state index contributed by atoms with van der Waals surface area (Å²) in [6.07, 6.45) is 1.64. The van der Waals surface area contributed by atoms with Gasteiger partial charge in [0.1, 0.15) is 5.75 Å². The zero-order valence-corrected chi connectivity index (χ0v) is 16.7. The first-order chi connectivity index (χ1) is 13.0. The smallest absolute Gasteiger partial charge is 0.363 e. The summed E-state index contributed by atoms with van der Waals surface area (Å²) in [4.78, 5) is 16.5. The number of cyclic esters (lactones) is 1. The molecule has 1 heterocycles. The van der Waals surface area contributed by atoms with Gasteiger partial charge in [-0.1, -0.05) is 0 Å². The lowest BCUT2D eigenvalue weighted by molar-refractivity contribution is -0.129. The molecule has 0 unspecified atom stereocenters. The molecular formula is C20H18BrNO5. The molecule has 6 nitrogen and oxygen atoms in total. The summed E-state index contributed by atoms with van der Waals surface area (Å²) in [6, 6.07) is 10.7. The number of aliphatic imine (C=N–C) groups is 1. The molecule has 3 rings (SSSR count). The lowest BCUT2D eigenvalue weighted by atomic mass is 10.1. The molecule has 0 bridgehead atoms. The maximum absolute atomic E-state index is 12.2. The number of ether oxygens (including phenoxy) is 4. The SMILES string of the molecule is CCOc1c(Br)cc(/C=C2\N=C(c3ccc(OC)cc3)OC2=O)cc1OC. The zero-order valence-electron chi connectivity index (χ0n) is 15.1. The Morgan fingerprint density at radius 1 is 1.15 bits per heavy atom. The second-order valence-corrected chi connectivity index (χ2v) is 6.39. The van der Waals surface area contributed by atoms with Gasteiger partial charge in [-0.05, 0) is 70.9 Å². The highest BCUT2D eigenvalue weighted by Crippen LogP contribution is 2.37. The van der Waals surface area contributed by atoms with Crippen molar-refractivity contribution in [2.45, 2.75) is 6.92 Å². The monoisotopic (exact) mass is 431 g/mol. The lowest BCUT2D eigenvalue weighted by Gasteiger charge is -2.12. The third-order valence-electron chi connectivity index (χ3n) is 3.80. The van der Waals surface area contributed by atoms with Gasteiger partial charge in [0.05, 0.1) is 25.3 Å². The molecule has 0 atom stereocenters. The number of halogens is 1. The van der Waals surface area contributed by atoms with Crippen LogP contribution in [0.2, 0.25) is 0 Å². The van der Waals surface area contributed by atoms with E-state index in [0.29, 0.717) is 29.4 Å². The summed E-state index contributed by atoms with van der Waals surface area (Å²) in [7, 11) is 3.15. The predicted octanol–water partition coefficient (Wildman–Crippen LogP) is 4.21. The van der Waals surface area contributed by atoms with Crippen molar-refractivity contribution in [2.75, 3.05) is 20.8 Å². The van der Waals surface area contributed by atoms with E-state index in [2.05, 4.69) is 20.9 Å². The second kappa shape index (κ2) is 8.26. The maximum atomic E-state index is 12.2. The van der Waals surface area contributed by atoms with Crippen LogP contribution < -0.4 is 14.2 Å².